The van der Waals surface area contributed by atoms with Crippen LogP contribution in [0.2, 0.25) is 0 Å². The van der Waals surface area contributed by atoms with E-state index in [1.165, 1.54) is 16.2 Å². The van der Waals surface area contributed by atoms with Crippen LogP contribution in [0.25, 0.3) is 0 Å². The number of urea groups is 1. The summed E-state index contributed by atoms with van der Waals surface area (Å²) in [6, 6.07) is -1.60. The van der Waals surface area contributed by atoms with Crippen molar-refractivity contribution in [3.8, 4) is 0 Å². The topological polar surface area (TPSA) is 85.9 Å². The molecule has 2 fully saturated rings. The Morgan fingerprint density at radius 1 is 1.43 bits per heavy atom. The summed E-state index contributed by atoms with van der Waals surface area (Å²) in [4.78, 5) is 47.3. The van der Waals surface area contributed by atoms with E-state index >= 15 is 0 Å². The van der Waals surface area contributed by atoms with Crippen LogP contribution in [0, 0.1) is 6.54 Å². The smallest absolute Gasteiger partial charge is 0.491 e. The molecule has 1 aromatic heterocycles. The fourth-order valence-electron chi connectivity index (χ4n) is 3.75. The fourth-order valence-corrected chi connectivity index (χ4v) is 4.32. The second-order valence-electron chi connectivity index (χ2n) is 7.61. The Hall–Kier alpha value is -1.06. The Balaban J connectivity index is 0.00000280. The van der Waals surface area contributed by atoms with Crippen molar-refractivity contribution in [3.05, 3.63) is 23.1 Å². The number of thiazole rings is 1. The van der Waals surface area contributed by atoms with Crippen LogP contribution in [-0.2, 0) is 48.7 Å². The van der Waals surface area contributed by atoms with Gasteiger partial charge < -0.3 is 20.0 Å². The number of hydrogen-bond donors (Lipinski definition) is 1. The fraction of sp³-hybridized carbons (Fsp3) is 0.611. The summed E-state index contributed by atoms with van der Waals surface area (Å²) in [6.07, 6.45) is 2.13. The molecule has 2 aliphatic heterocycles. The molecule has 10 heteroatoms. The number of nitrogens with zero attached hydrogens (tertiary/aromatic N) is 4. The Bertz CT molecular complexity index is 721. The molecule has 3 rings (SSSR count). The zero-order valence-corrected chi connectivity index (χ0v) is 20.4. The van der Waals surface area contributed by atoms with Crippen LogP contribution in [0.4, 0.5) is 4.79 Å². The number of rotatable bonds is 5. The summed E-state index contributed by atoms with van der Waals surface area (Å²) in [5, 5.41) is 4.77. The van der Waals surface area contributed by atoms with E-state index in [0.29, 0.717) is 13.0 Å². The molecule has 2 atom stereocenters. The van der Waals surface area contributed by atoms with E-state index < -0.39 is 17.6 Å². The minimum Gasteiger partial charge on any atom is -0.491 e. The second kappa shape index (κ2) is 9.18. The molecule has 0 bridgehead atoms. The third-order valence-corrected chi connectivity index (χ3v) is 6.14. The van der Waals surface area contributed by atoms with Gasteiger partial charge in [-0.1, -0.05) is 6.42 Å². The van der Waals surface area contributed by atoms with E-state index in [1.807, 2.05) is 25.8 Å². The molecule has 2 saturated heterocycles. The number of nitrogens with one attached hydrogen (secondary N) is 1. The minimum atomic E-state index is -0.709. The molecule has 148 valence electrons. The van der Waals surface area contributed by atoms with Crippen molar-refractivity contribution in [2.45, 2.75) is 50.7 Å². The van der Waals surface area contributed by atoms with Gasteiger partial charge >= 0.3 is 38.7 Å². The Labute approximate surface area is 194 Å². The van der Waals surface area contributed by atoms with Crippen molar-refractivity contribution in [1.82, 2.24) is 25.0 Å². The van der Waals surface area contributed by atoms with E-state index in [-0.39, 0.29) is 50.6 Å². The van der Waals surface area contributed by atoms with Crippen molar-refractivity contribution in [2.24, 2.45) is 0 Å². The van der Waals surface area contributed by atoms with Crippen molar-refractivity contribution < 1.29 is 47.1 Å². The molecule has 0 aliphatic carbocycles. The molecular formula is C18H26N5O3SY+2. The van der Waals surface area contributed by atoms with Gasteiger partial charge in [-0.05, 0) is 20.4 Å². The molecule has 3 heterocycles. The van der Waals surface area contributed by atoms with Crippen LogP contribution >= 0.6 is 11.3 Å². The maximum atomic E-state index is 13.1. The van der Waals surface area contributed by atoms with E-state index in [1.54, 1.807) is 29.4 Å². The molecule has 28 heavy (non-hydrogen) atoms. The van der Waals surface area contributed by atoms with Gasteiger partial charge in [0.05, 0.1) is 16.7 Å². The molecular weight excluding hydrogens is 455 g/mol. The standard InChI is InChI=1S/C18H26N5O3S.Y/c1-18(2)14(21(3)17(26)22(18)4)15(24)20-13(9-12-10-27-11-19-12)16(25)23-7-5-6-8-23;/h7,10-11,13-14H,5-6,8-9H2,1-4H3,(H,20,24);/q-1;+3. The summed E-state index contributed by atoms with van der Waals surface area (Å²) in [5.74, 6) is -0.458. The Morgan fingerprint density at radius 2 is 2.14 bits per heavy atom. The number of amides is 4. The zero-order chi connectivity index (χ0) is 19.8. The molecule has 1 N–H and O–H groups in total. The SMILES string of the molecule is CN1C(=O)N(C)C(C)(C)C1C(=O)NC(Cc1cscn1)C(=O)N1[CH-]CCC1.[Y+3]. The first-order valence-electron chi connectivity index (χ1n) is 9.05. The van der Waals surface area contributed by atoms with Gasteiger partial charge in [0.2, 0.25) is 11.8 Å². The third kappa shape index (κ3) is 4.41. The minimum absolute atomic E-state index is 0. The number of likely N-dealkylation sites (tertiary alicyclic amines) is 1. The van der Waals surface area contributed by atoms with Crippen molar-refractivity contribution >= 4 is 29.2 Å². The van der Waals surface area contributed by atoms with Gasteiger partial charge in [-0.2, -0.15) is 6.42 Å². The summed E-state index contributed by atoms with van der Waals surface area (Å²) in [6.45, 7) is 6.25. The number of carbonyl (C=O) groups excluding carboxylic acids is 3. The third-order valence-electron chi connectivity index (χ3n) is 5.50. The normalized spacial score (nSPS) is 22.2. The average molecular weight is 481 g/mol. The largest absolute Gasteiger partial charge is 3.00 e. The number of aromatic nitrogens is 1. The van der Waals surface area contributed by atoms with Crippen molar-refractivity contribution in [3.63, 3.8) is 0 Å². The van der Waals surface area contributed by atoms with Crippen LogP contribution in [0.15, 0.2) is 10.9 Å². The van der Waals surface area contributed by atoms with Gasteiger partial charge in [-0.3, -0.25) is 9.59 Å². The molecule has 0 aromatic carbocycles. The maximum absolute atomic E-state index is 13.1. The van der Waals surface area contributed by atoms with E-state index in [2.05, 4.69) is 10.3 Å². The summed E-state index contributed by atoms with van der Waals surface area (Å²) < 4.78 is 0. The van der Waals surface area contributed by atoms with Crippen LogP contribution in [-0.4, -0.2) is 75.8 Å². The maximum Gasteiger partial charge on any atom is 3.00 e. The molecule has 0 spiro atoms. The summed E-state index contributed by atoms with van der Waals surface area (Å²) in [7, 11) is 3.30. The van der Waals surface area contributed by atoms with Crippen molar-refractivity contribution in [1.29, 1.82) is 0 Å². The predicted molar refractivity (Wildman–Crippen MR) is 102 cm³/mol. The second-order valence-corrected chi connectivity index (χ2v) is 8.33. The zero-order valence-electron chi connectivity index (χ0n) is 16.7. The molecule has 0 saturated carbocycles. The first kappa shape index (κ1) is 23.2. The van der Waals surface area contributed by atoms with Crippen LogP contribution < -0.4 is 5.32 Å². The van der Waals surface area contributed by atoms with Gasteiger partial charge in [-0.25, -0.2) is 16.3 Å². The number of carbonyl (C=O) groups is 3. The molecule has 4 amide bonds. The van der Waals surface area contributed by atoms with Crippen LogP contribution in [0.5, 0.6) is 0 Å². The molecule has 2 unspecified atom stereocenters. The van der Waals surface area contributed by atoms with Gasteiger partial charge in [0.1, 0.15) is 12.1 Å². The molecule has 0 radical (unpaired) electrons. The van der Waals surface area contributed by atoms with Crippen molar-refractivity contribution in [2.75, 3.05) is 20.6 Å². The van der Waals surface area contributed by atoms with E-state index in [9.17, 15) is 14.4 Å². The van der Waals surface area contributed by atoms with Gasteiger partial charge in [0.25, 0.3) is 0 Å². The number of likely N-dealkylation sites (N-methyl/N-ethyl adjacent to an activating group) is 2. The Kier molecular flexibility index (Phi) is 7.61. The summed E-state index contributed by atoms with van der Waals surface area (Å²) >= 11 is 1.45. The Morgan fingerprint density at radius 3 is 2.64 bits per heavy atom. The van der Waals surface area contributed by atoms with Crippen LogP contribution in [0.3, 0.4) is 0 Å². The van der Waals surface area contributed by atoms with Gasteiger partial charge in [0, 0.05) is 25.9 Å². The monoisotopic (exact) mass is 481 g/mol. The molecule has 2 aliphatic rings. The first-order valence-corrected chi connectivity index (χ1v) is 9.99. The quantitative estimate of drug-likeness (QED) is 0.639. The van der Waals surface area contributed by atoms with Crippen LogP contribution in [0.1, 0.15) is 32.4 Å². The first-order chi connectivity index (χ1) is 12.7. The van der Waals surface area contributed by atoms with Gasteiger partial charge in [0.15, 0.2) is 0 Å². The molecule has 1 aromatic rings. The predicted octanol–water partition coefficient (Wildman–Crippen LogP) is 1.10. The van der Waals surface area contributed by atoms with E-state index in [0.717, 1.165) is 18.5 Å². The van der Waals surface area contributed by atoms with E-state index in [4.69, 9.17) is 0 Å². The molecule has 8 nitrogen and oxygen atoms in total. The summed E-state index contributed by atoms with van der Waals surface area (Å²) in [5.41, 5.74) is 1.80. The number of hydrogen-bond acceptors (Lipinski definition) is 5. The average Bonchev–Trinajstić information content (AvgIpc) is 3.34. The van der Waals surface area contributed by atoms with Gasteiger partial charge in [-0.15, -0.1) is 11.3 Å².